The van der Waals surface area contributed by atoms with E-state index in [2.05, 4.69) is 4.62 Å². The van der Waals surface area contributed by atoms with Gasteiger partial charge in [-0.15, -0.1) is 0 Å². The summed E-state index contributed by atoms with van der Waals surface area (Å²) in [5.74, 6) is 0. The minimum atomic E-state index is -4.66. The zero-order valence-corrected chi connectivity index (χ0v) is 8.94. The Kier molecular flexibility index (Phi) is 5.17. The number of rotatable bonds is 6. The van der Waals surface area contributed by atoms with Gasteiger partial charge in [0.25, 0.3) is 0 Å². The number of hydrogen-bond acceptors (Lipinski definition) is 5. The maximum Gasteiger partial charge on any atom is 0.486 e. The zero-order valence-electron chi connectivity index (χ0n) is 8.04. The molecule has 0 rings (SSSR count). The first-order valence-corrected chi connectivity index (χ1v) is 5.68. The highest BCUT2D eigenvalue weighted by Crippen LogP contribution is 2.36. The normalized spacial score (nSPS) is 13.6. The van der Waals surface area contributed by atoms with Crippen molar-refractivity contribution in [2.24, 2.45) is 0 Å². The first-order chi connectivity index (χ1) is 6.27. The molecule has 0 heterocycles. The van der Waals surface area contributed by atoms with E-state index in [0.29, 0.717) is 0 Å². The molecule has 0 saturated heterocycles. The minimum absolute atomic E-state index is 0.251. The Balaban J connectivity index is 4.45. The van der Waals surface area contributed by atoms with Gasteiger partial charge in [0.1, 0.15) is 0 Å². The fourth-order valence-electron chi connectivity index (χ4n) is 0.963. The van der Waals surface area contributed by atoms with E-state index in [0.717, 1.165) is 0 Å². The van der Waals surface area contributed by atoms with Gasteiger partial charge in [0.15, 0.2) is 6.29 Å². The molecule has 0 amide bonds. The van der Waals surface area contributed by atoms with Crippen LogP contribution in [0.15, 0.2) is 0 Å². The Morgan fingerprint density at radius 1 is 1.36 bits per heavy atom. The number of hydroxylamine groups is 1. The van der Waals surface area contributed by atoms with Crippen LogP contribution in [0.3, 0.4) is 0 Å². The molecule has 0 spiro atoms. The lowest BCUT2D eigenvalue weighted by Crippen LogP contribution is -2.53. The van der Waals surface area contributed by atoms with Crippen LogP contribution in [-0.2, 0) is 9.19 Å². The van der Waals surface area contributed by atoms with E-state index in [1.54, 1.807) is 13.8 Å². The number of aliphatic hydroxyl groups excluding tert-OH is 1. The zero-order chi connectivity index (χ0) is 11.4. The van der Waals surface area contributed by atoms with Crippen molar-refractivity contribution in [3.8, 4) is 0 Å². The first kappa shape index (κ1) is 14.0. The third-order valence-electron chi connectivity index (χ3n) is 2.12. The molecule has 0 radical (unpaired) electrons. The van der Waals surface area contributed by atoms with E-state index in [4.69, 9.17) is 20.0 Å². The Morgan fingerprint density at radius 2 is 1.79 bits per heavy atom. The summed E-state index contributed by atoms with van der Waals surface area (Å²) in [7, 11) is -4.66. The van der Waals surface area contributed by atoms with Gasteiger partial charge in [-0.1, -0.05) is 13.8 Å². The SMILES string of the molecule is CCC(CC)(NOP(=O)(O)O)C(O)O. The minimum Gasteiger partial charge on any atom is -0.366 e. The van der Waals surface area contributed by atoms with Crippen molar-refractivity contribution in [3.63, 3.8) is 0 Å². The van der Waals surface area contributed by atoms with Crippen molar-refractivity contribution in [1.82, 2.24) is 5.48 Å². The van der Waals surface area contributed by atoms with Crippen molar-refractivity contribution in [1.29, 1.82) is 0 Å². The van der Waals surface area contributed by atoms with E-state index < -0.39 is 19.7 Å². The Hall–Kier alpha value is -0.0100. The highest BCUT2D eigenvalue weighted by Gasteiger charge is 2.36. The van der Waals surface area contributed by atoms with Gasteiger partial charge in [0, 0.05) is 0 Å². The molecule has 8 heteroatoms. The van der Waals surface area contributed by atoms with Gasteiger partial charge >= 0.3 is 7.82 Å². The van der Waals surface area contributed by atoms with E-state index in [-0.39, 0.29) is 12.8 Å². The third kappa shape index (κ3) is 4.02. The van der Waals surface area contributed by atoms with E-state index in [1.807, 2.05) is 5.48 Å². The molecule has 0 aliphatic carbocycles. The predicted octanol–water partition coefficient (Wildman–Crippen LogP) is -0.530. The van der Waals surface area contributed by atoms with Crippen molar-refractivity contribution in [3.05, 3.63) is 0 Å². The standard InChI is InChI=1S/C6H16NO6P/c1-3-6(4-2,5(8)9)7-13-14(10,11)12/h5,7-9H,3-4H2,1-2H3,(H2,10,11,12). The van der Waals surface area contributed by atoms with Crippen molar-refractivity contribution >= 4 is 7.82 Å². The second-order valence-corrected chi connectivity index (χ2v) is 4.08. The fourth-order valence-corrected chi connectivity index (χ4v) is 1.26. The molecule has 14 heavy (non-hydrogen) atoms. The molecule has 0 aromatic rings. The average Bonchev–Trinajstić information content (AvgIpc) is 2.04. The molecule has 0 aliphatic rings. The van der Waals surface area contributed by atoms with Crippen molar-refractivity contribution < 1.29 is 29.2 Å². The highest BCUT2D eigenvalue weighted by atomic mass is 31.2. The molecule has 0 bridgehead atoms. The second-order valence-electron chi connectivity index (χ2n) is 2.92. The summed E-state index contributed by atoms with van der Waals surface area (Å²) in [4.78, 5) is 16.8. The van der Waals surface area contributed by atoms with E-state index >= 15 is 0 Å². The van der Waals surface area contributed by atoms with Gasteiger partial charge in [-0.2, -0.15) is 10.1 Å². The lowest BCUT2D eigenvalue weighted by atomic mass is 9.93. The number of hydrogen-bond donors (Lipinski definition) is 5. The van der Waals surface area contributed by atoms with Crippen LogP contribution in [0.1, 0.15) is 26.7 Å². The highest BCUT2D eigenvalue weighted by molar-refractivity contribution is 7.46. The second kappa shape index (κ2) is 5.18. The molecular weight excluding hydrogens is 213 g/mol. The fraction of sp³-hybridized carbons (Fsp3) is 1.00. The molecule has 0 aromatic heterocycles. The van der Waals surface area contributed by atoms with Crippen LogP contribution in [-0.4, -0.2) is 31.8 Å². The van der Waals surface area contributed by atoms with Gasteiger partial charge < -0.3 is 20.0 Å². The van der Waals surface area contributed by atoms with Crippen LogP contribution in [0.25, 0.3) is 0 Å². The van der Waals surface area contributed by atoms with Crippen molar-refractivity contribution in [2.75, 3.05) is 0 Å². The lowest BCUT2D eigenvalue weighted by Gasteiger charge is -2.33. The van der Waals surface area contributed by atoms with Crippen LogP contribution in [0, 0.1) is 0 Å². The van der Waals surface area contributed by atoms with E-state index in [1.165, 1.54) is 0 Å². The summed E-state index contributed by atoms with van der Waals surface area (Å²) in [6, 6.07) is 0. The monoisotopic (exact) mass is 229 g/mol. The van der Waals surface area contributed by atoms with Crippen LogP contribution in [0.2, 0.25) is 0 Å². The van der Waals surface area contributed by atoms with Gasteiger partial charge in [-0.05, 0) is 12.8 Å². The summed E-state index contributed by atoms with van der Waals surface area (Å²) in [5, 5.41) is 18.0. The molecule has 0 unspecified atom stereocenters. The molecule has 0 aromatic carbocycles. The summed E-state index contributed by atoms with van der Waals surface area (Å²) in [5.41, 5.74) is 0.746. The van der Waals surface area contributed by atoms with Crippen molar-refractivity contribution in [2.45, 2.75) is 38.5 Å². The molecule has 7 nitrogen and oxygen atoms in total. The van der Waals surface area contributed by atoms with Gasteiger partial charge in [0.05, 0.1) is 5.54 Å². The molecule has 0 aliphatic heterocycles. The Labute approximate surface area is 81.9 Å². The number of nitrogens with one attached hydrogen (secondary N) is 1. The summed E-state index contributed by atoms with van der Waals surface area (Å²) >= 11 is 0. The average molecular weight is 229 g/mol. The summed E-state index contributed by atoms with van der Waals surface area (Å²) < 4.78 is 14.4. The van der Waals surface area contributed by atoms with E-state index in [9.17, 15) is 4.57 Å². The largest absolute Gasteiger partial charge is 0.486 e. The van der Waals surface area contributed by atoms with Gasteiger partial charge in [-0.25, -0.2) is 4.57 Å². The number of phosphoric acid groups is 1. The summed E-state index contributed by atoms with van der Waals surface area (Å²) in [6.45, 7) is 3.28. The Bertz CT molecular complexity index is 210. The molecular formula is C6H16NO6P. The quantitative estimate of drug-likeness (QED) is 0.236. The first-order valence-electron chi connectivity index (χ1n) is 4.15. The van der Waals surface area contributed by atoms with Gasteiger partial charge in [-0.3, -0.25) is 0 Å². The van der Waals surface area contributed by atoms with Crippen LogP contribution in [0.5, 0.6) is 0 Å². The lowest BCUT2D eigenvalue weighted by molar-refractivity contribution is -0.143. The molecule has 86 valence electrons. The number of aliphatic hydroxyl groups is 2. The maximum atomic E-state index is 10.4. The third-order valence-corrected chi connectivity index (χ3v) is 2.45. The molecule has 5 N–H and O–H groups in total. The van der Waals surface area contributed by atoms with Crippen LogP contribution in [0.4, 0.5) is 0 Å². The smallest absolute Gasteiger partial charge is 0.366 e. The van der Waals surface area contributed by atoms with Crippen LogP contribution >= 0.6 is 7.82 Å². The Morgan fingerprint density at radius 3 is 2.00 bits per heavy atom. The molecule has 0 saturated carbocycles. The van der Waals surface area contributed by atoms with Gasteiger partial charge in [0.2, 0.25) is 0 Å². The topological polar surface area (TPSA) is 119 Å². The molecule has 0 fully saturated rings. The summed E-state index contributed by atoms with van der Waals surface area (Å²) in [6.07, 6.45) is -1.26. The predicted molar refractivity (Wildman–Crippen MR) is 47.8 cm³/mol. The maximum absolute atomic E-state index is 10.4. The van der Waals surface area contributed by atoms with Crippen LogP contribution < -0.4 is 5.48 Å². The molecule has 0 atom stereocenters.